The minimum Gasteiger partial charge on any atom is -0.493 e. The number of carbonyl (C=O) groups excluding carboxylic acids is 1. The highest BCUT2D eigenvalue weighted by Gasteiger charge is 2.06. The maximum absolute atomic E-state index is 12.9. The van der Waals surface area contributed by atoms with Crippen LogP contribution in [0.25, 0.3) is 0 Å². The van der Waals surface area contributed by atoms with Crippen molar-refractivity contribution in [1.82, 2.24) is 0 Å². The summed E-state index contributed by atoms with van der Waals surface area (Å²) in [4.78, 5) is 10.8. The van der Waals surface area contributed by atoms with E-state index in [1.165, 1.54) is 25.3 Å². The first kappa shape index (κ1) is 12.8. The quantitative estimate of drug-likeness (QED) is 0.592. The van der Waals surface area contributed by atoms with Gasteiger partial charge in [-0.25, -0.2) is 4.39 Å². The molecule has 0 unspecified atom stereocenters. The van der Waals surface area contributed by atoms with Crippen LogP contribution in [-0.4, -0.2) is 19.7 Å². The zero-order valence-electron chi connectivity index (χ0n) is 8.83. The maximum Gasteiger partial charge on any atom is 0.308 e. The number of carbonyl (C=O) groups is 1. The predicted octanol–water partition coefficient (Wildman–Crippen LogP) is 2.51. The highest BCUT2D eigenvalue weighted by molar-refractivity contribution is 6.17. The second-order valence-electron chi connectivity index (χ2n) is 3.06. The molecule has 0 saturated heterocycles. The Morgan fingerprint density at radius 2 is 2.25 bits per heavy atom. The number of ether oxygens (including phenoxy) is 2. The van der Waals surface area contributed by atoms with Crippen molar-refractivity contribution < 1.29 is 18.7 Å². The Labute approximate surface area is 98.1 Å². The summed E-state index contributed by atoms with van der Waals surface area (Å²) in [7, 11) is 1.31. The lowest BCUT2D eigenvalue weighted by Gasteiger charge is -2.09. The molecule has 0 spiro atoms. The third-order valence-corrected chi connectivity index (χ3v) is 2.25. The minimum absolute atomic E-state index is 0.148. The molecule has 0 aromatic heterocycles. The maximum atomic E-state index is 12.9. The zero-order valence-corrected chi connectivity index (χ0v) is 9.59. The lowest BCUT2D eigenvalue weighted by Crippen LogP contribution is -2.08. The Bertz CT molecular complexity index is 368. The molecule has 0 fully saturated rings. The molecule has 0 heterocycles. The van der Waals surface area contributed by atoms with Gasteiger partial charge in [0, 0.05) is 5.56 Å². The van der Waals surface area contributed by atoms with Crippen LogP contribution in [0.5, 0.6) is 5.75 Å². The third kappa shape index (κ3) is 3.70. The van der Waals surface area contributed by atoms with E-state index in [1.54, 1.807) is 0 Å². The lowest BCUT2D eigenvalue weighted by atomic mass is 10.2. The fraction of sp³-hybridized carbons (Fsp3) is 0.364. The smallest absolute Gasteiger partial charge is 0.308 e. The molecule has 0 radical (unpaired) electrons. The molecule has 0 amide bonds. The molecule has 88 valence electrons. The van der Waals surface area contributed by atoms with Crippen LogP contribution in [0.2, 0.25) is 0 Å². The molecule has 1 aromatic carbocycles. The summed E-state index contributed by atoms with van der Waals surface area (Å²) >= 11 is 5.63. The van der Waals surface area contributed by atoms with Gasteiger partial charge in [-0.05, 0) is 18.2 Å². The topological polar surface area (TPSA) is 35.5 Å². The van der Waals surface area contributed by atoms with Crippen LogP contribution in [0.3, 0.4) is 0 Å². The Kier molecular flexibility index (Phi) is 5.05. The van der Waals surface area contributed by atoms with Crippen LogP contribution in [0.15, 0.2) is 18.2 Å². The van der Waals surface area contributed by atoms with Crippen molar-refractivity contribution in [1.29, 1.82) is 0 Å². The zero-order chi connectivity index (χ0) is 12.0. The average molecular weight is 247 g/mol. The standard InChI is InChI=1S/C11H12ClFO3/c1-15-11(14)4-5-16-10-3-2-9(13)6-8(10)7-12/h2-3,6H,4-5,7H2,1H3. The van der Waals surface area contributed by atoms with Gasteiger partial charge in [0.2, 0.25) is 0 Å². The molecule has 0 bridgehead atoms. The number of rotatable bonds is 5. The summed E-state index contributed by atoms with van der Waals surface area (Å²) in [5.74, 6) is -0.0727. The molecular formula is C11H12ClFO3. The van der Waals surface area contributed by atoms with Crippen LogP contribution < -0.4 is 4.74 Å². The molecule has 3 nitrogen and oxygen atoms in total. The van der Waals surface area contributed by atoms with Gasteiger partial charge in [-0.1, -0.05) is 0 Å². The molecule has 0 atom stereocenters. The van der Waals surface area contributed by atoms with E-state index in [1.807, 2.05) is 0 Å². The number of halogens is 2. The minimum atomic E-state index is -0.365. The van der Waals surface area contributed by atoms with Gasteiger partial charge in [0.05, 0.1) is 26.0 Å². The summed E-state index contributed by atoms with van der Waals surface area (Å²) in [6.45, 7) is 0.183. The van der Waals surface area contributed by atoms with Gasteiger partial charge in [0.25, 0.3) is 0 Å². The summed E-state index contributed by atoms with van der Waals surface area (Å²) in [6.07, 6.45) is 0.148. The van der Waals surface area contributed by atoms with E-state index in [4.69, 9.17) is 16.3 Å². The van der Waals surface area contributed by atoms with Crippen molar-refractivity contribution in [3.05, 3.63) is 29.6 Å². The summed E-state index contributed by atoms with van der Waals surface area (Å²) in [6, 6.07) is 4.08. The Hall–Kier alpha value is -1.29. The van der Waals surface area contributed by atoms with Crippen LogP contribution in [0.1, 0.15) is 12.0 Å². The van der Waals surface area contributed by atoms with Gasteiger partial charge < -0.3 is 9.47 Å². The van der Waals surface area contributed by atoms with Gasteiger partial charge in [-0.3, -0.25) is 4.79 Å². The van der Waals surface area contributed by atoms with Crippen LogP contribution >= 0.6 is 11.6 Å². The number of methoxy groups -OCH3 is 1. The van der Waals surface area contributed by atoms with Gasteiger partial charge >= 0.3 is 5.97 Å². The molecule has 1 aromatic rings. The molecule has 0 aliphatic heterocycles. The fourth-order valence-corrected chi connectivity index (χ4v) is 1.35. The SMILES string of the molecule is COC(=O)CCOc1ccc(F)cc1CCl. The predicted molar refractivity (Wildman–Crippen MR) is 58.1 cm³/mol. The van der Waals surface area contributed by atoms with E-state index in [0.717, 1.165) is 0 Å². The first-order valence-corrected chi connectivity index (χ1v) is 5.25. The third-order valence-electron chi connectivity index (χ3n) is 1.96. The summed E-state index contributed by atoms with van der Waals surface area (Å²) in [5.41, 5.74) is 0.562. The largest absolute Gasteiger partial charge is 0.493 e. The second-order valence-corrected chi connectivity index (χ2v) is 3.33. The van der Waals surface area contributed by atoms with E-state index in [2.05, 4.69) is 4.74 Å². The molecule has 0 N–H and O–H groups in total. The number of alkyl halides is 1. The number of benzene rings is 1. The van der Waals surface area contributed by atoms with Gasteiger partial charge in [0.1, 0.15) is 11.6 Å². The van der Waals surface area contributed by atoms with E-state index >= 15 is 0 Å². The van der Waals surface area contributed by atoms with Crippen LogP contribution in [0.4, 0.5) is 4.39 Å². The van der Waals surface area contributed by atoms with Gasteiger partial charge in [-0.2, -0.15) is 0 Å². The molecule has 5 heteroatoms. The molecule has 0 saturated carbocycles. The molecule has 16 heavy (non-hydrogen) atoms. The van der Waals surface area contributed by atoms with E-state index in [0.29, 0.717) is 11.3 Å². The van der Waals surface area contributed by atoms with Crippen molar-refractivity contribution in [2.45, 2.75) is 12.3 Å². The number of hydrogen-bond donors (Lipinski definition) is 0. The molecule has 0 aliphatic carbocycles. The Morgan fingerprint density at radius 3 is 2.88 bits per heavy atom. The normalized spacial score (nSPS) is 9.94. The average Bonchev–Trinajstić information content (AvgIpc) is 2.30. The van der Waals surface area contributed by atoms with E-state index in [-0.39, 0.29) is 30.7 Å². The highest BCUT2D eigenvalue weighted by atomic mass is 35.5. The molecule has 0 aliphatic rings. The highest BCUT2D eigenvalue weighted by Crippen LogP contribution is 2.21. The van der Waals surface area contributed by atoms with Crippen molar-refractivity contribution in [2.75, 3.05) is 13.7 Å². The molecule has 1 rings (SSSR count). The van der Waals surface area contributed by atoms with Crippen molar-refractivity contribution in [3.63, 3.8) is 0 Å². The van der Waals surface area contributed by atoms with Crippen molar-refractivity contribution in [3.8, 4) is 5.75 Å². The van der Waals surface area contributed by atoms with Crippen LogP contribution in [0, 0.1) is 5.82 Å². The molecular weight excluding hydrogens is 235 g/mol. The Balaban J connectivity index is 2.56. The van der Waals surface area contributed by atoms with E-state index in [9.17, 15) is 9.18 Å². The first-order chi connectivity index (χ1) is 7.67. The second kappa shape index (κ2) is 6.33. The van der Waals surface area contributed by atoms with Crippen molar-refractivity contribution >= 4 is 17.6 Å². The van der Waals surface area contributed by atoms with Crippen molar-refractivity contribution in [2.24, 2.45) is 0 Å². The fourth-order valence-electron chi connectivity index (χ4n) is 1.14. The first-order valence-electron chi connectivity index (χ1n) is 4.71. The number of hydrogen-bond acceptors (Lipinski definition) is 3. The Morgan fingerprint density at radius 1 is 1.50 bits per heavy atom. The monoisotopic (exact) mass is 246 g/mol. The summed E-state index contributed by atoms with van der Waals surface area (Å²) < 4.78 is 22.6. The van der Waals surface area contributed by atoms with Crippen LogP contribution in [-0.2, 0) is 15.4 Å². The number of esters is 1. The lowest BCUT2D eigenvalue weighted by molar-refractivity contribution is -0.141. The summed E-state index contributed by atoms with van der Waals surface area (Å²) in [5, 5.41) is 0. The van der Waals surface area contributed by atoms with E-state index < -0.39 is 0 Å². The van der Waals surface area contributed by atoms with Gasteiger partial charge in [0.15, 0.2) is 0 Å². The van der Waals surface area contributed by atoms with Gasteiger partial charge in [-0.15, -0.1) is 11.6 Å².